The highest BCUT2D eigenvalue weighted by atomic mass is 19.1. The lowest BCUT2D eigenvalue weighted by Gasteiger charge is -2.19. The zero-order chi connectivity index (χ0) is 14.8. The van der Waals surface area contributed by atoms with Crippen molar-refractivity contribution in [3.05, 3.63) is 24.0 Å². The van der Waals surface area contributed by atoms with Crippen molar-refractivity contribution in [1.82, 2.24) is 5.32 Å². The lowest BCUT2D eigenvalue weighted by atomic mass is 10.2. The normalized spacial score (nSPS) is 21.5. The molecule has 0 aromatic heterocycles. The maximum atomic E-state index is 13.7. The van der Waals surface area contributed by atoms with Gasteiger partial charge in [-0.2, -0.15) is 0 Å². The molecule has 1 aromatic rings. The van der Waals surface area contributed by atoms with Gasteiger partial charge in [0.25, 0.3) is 0 Å². The number of nitrogens with zero attached hydrogens (tertiary/aromatic N) is 1. The summed E-state index contributed by atoms with van der Waals surface area (Å²) in [7, 11) is 0. The molecule has 0 aliphatic carbocycles. The maximum absolute atomic E-state index is 13.7. The number of carbonyl (C=O) groups is 2. The number of rotatable bonds is 3. The van der Waals surface area contributed by atoms with E-state index in [0.717, 1.165) is 31.6 Å². The van der Waals surface area contributed by atoms with E-state index in [1.165, 1.54) is 12.1 Å². The van der Waals surface area contributed by atoms with E-state index < -0.39 is 6.04 Å². The molecule has 5 nitrogen and oxygen atoms in total. The van der Waals surface area contributed by atoms with Crippen LogP contribution in [0.2, 0.25) is 0 Å². The first-order valence-electron chi connectivity index (χ1n) is 7.27. The molecule has 21 heavy (non-hydrogen) atoms. The quantitative estimate of drug-likeness (QED) is 0.890. The topological polar surface area (TPSA) is 61.4 Å². The first kappa shape index (κ1) is 13.9. The molecule has 2 amide bonds. The van der Waals surface area contributed by atoms with E-state index in [9.17, 15) is 14.0 Å². The number of hydrogen-bond acceptors (Lipinski definition) is 3. The van der Waals surface area contributed by atoms with Crippen LogP contribution >= 0.6 is 0 Å². The van der Waals surface area contributed by atoms with Crippen LogP contribution in [0.1, 0.15) is 25.7 Å². The van der Waals surface area contributed by atoms with Crippen LogP contribution in [0.5, 0.6) is 0 Å². The molecule has 0 saturated carbocycles. The minimum absolute atomic E-state index is 0.118. The molecule has 0 radical (unpaired) electrons. The molecule has 1 aromatic carbocycles. The molecule has 2 saturated heterocycles. The molecule has 112 valence electrons. The Bertz CT molecular complexity index is 570. The van der Waals surface area contributed by atoms with E-state index in [-0.39, 0.29) is 17.6 Å². The Labute approximate surface area is 122 Å². The van der Waals surface area contributed by atoms with Gasteiger partial charge in [-0.05, 0) is 37.5 Å². The van der Waals surface area contributed by atoms with Crippen molar-refractivity contribution >= 4 is 23.2 Å². The van der Waals surface area contributed by atoms with Crippen LogP contribution in [0.4, 0.5) is 15.8 Å². The first-order valence-corrected chi connectivity index (χ1v) is 7.27. The second-order valence-corrected chi connectivity index (χ2v) is 5.54. The number of carbonyl (C=O) groups excluding carboxylic acids is 2. The fourth-order valence-electron chi connectivity index (χ4n) is 2.84. The van der Waals surface area contributed by atoms with Gasteiger partial charge in [-0.15, -0.1) is 0 Å². The fourth-order valence-corrected chi connectivity index (χ4v) is 2.84. The summed E-state index contributed by atoms with van der Waals surface area (Å²) in [5.74, 6) is -0.781. The van der Waals surface area contributed by atoms with Gasteiger partial charge in [-0.3, -0.25) is 9.59 Å². The highest BCUT2D eigenvalue weighted by molar-refractivity contribution is 5.99. The summed E-state index contributed by atoms with van der Waals surface area (Å²) in [4.78, 5) is 25.3. The number of benzene rings is 1. The number of amides is 2. The minimum atomic E-state index is -0.518. The van der Waals surface area contributed by atoms with Gasteiger partial charge >= 0.3 is 0 Å². The summed E-state index contributed by atoms with van der Waals surface area (Å²) in [6, 6.07) is 4.05. The van der Waals surface area contributed by atoms with Gasteiger partial charge in [0, 0.05) is 30.9 Å². The van der Waals surface area contributed by atoms with E-state index in [0.29, 0.717) is 18.5 Å². The highest BCUT2D eigenvalue weighted by Crippen LogP contribution is 2.25. The lowest BCUT2D eigenvalue weighted by Crippen LogP contribution is -2.37. The third-order valence-electron chi connectivity index (χ3n) is 3.93. The molecule has 0 bridgehead atoms. The Kier molecular flexibility index (Phi) is 3.77. The van der Waals surface area contributed by atoms with Gasteiger partial charge in [0.1, 0.15) is 11.9 Å². The third-order valence-corrected chi connectivity index (χ3v) is 3.93. The van der Waals surface area contributed by atoms with Gasteiger partial charge in [0.05, 0.1) is 0 Å². The Hall–Kier alpha value is -2.11. The number of nitrogens with one attached hydrogen (secondary N) is 2. The van der Waals surface area contributed by atoms with Crippen molar-refractivity contribution in [2.24, 2.45) is 0 Å². The van der Waals surface area contributed by atoms with Crippen molar-refractivity contribution in [2.45, 2.75) is 31.7 Å². The van der Waals surface area contributed by atoms with Crippen LogP contribution < -0.4 is 15.5 Å². The van der Waals surface area contributed by atoms with Crippen LogP contribution in [0, 0.1) is 5.82 Å². The van der Waals surface area contributed by atoms with Crippen molar-refractivity contribution in [3.63, 3.8) is 0 Å². The second-order valence-electron chi connectivity index (χ2n) is 5.54. The van der Waals surface area contributed by atoms with Crippen molar-refractivity contribution in [1.29, 1.82) is 0 Å². The van der Waals surface area contributed by atoms with Crippen LogP contribution in [0.25, 0.3) is 0 Å². The number of halogens is 1. The molecule has 2 aliphatic rings. The number of hydrogen-bond donors (Lipinski definition) is 2. The smallest absolute Gasteiger partial charge is 0.246 e. The molecule has 2 fully saturated rings. The van der Waals surface area contributed by atoms with Crippen LogP contribution in [-0.2, 0) is 9.59 Å². The molecule has 2 aliphatic heterocycles. The maximum Gasteiger partial charge on any atom is 0.246 e. The molecular weight excluding hydrogens is 273 g/mol. The number of anilines is 2. The standard InChI is InChI=1S/C15H18FN3O2/c16-10-7-11(9-12(8-10)19-5-1-2-6-19)17-15(21)13-3-4-14(20)18-13/h7-9,13H,1-6H2,(H,17,21)(H,18,20)/t13-/m0/s1. The molecule has 2 N–H and O–H groups in total. The van der Waals surface area contributed by atoms with Gasteiger partial charge in [-0.1, -0.05) is 0 Å². The predicted octanol–water partition coefficient (Wildman–Crippen LogP) is 1.64. The summed E-state index contributed by atoms with van der Waals surface area (Å²) in [5, 5.41) is 5.29. The summed E-state index contributed by atoms with van der Waals surface area (Å²) in [6.45, 7) is 1.82. The summed E-state index contributed by atoms with van der Waals surface area (Å²) in [5.41, 5.74) is 1.22. The van der Waals surface area contributed by atoms with Gasteiger partial charge in [0.2, 0.25) is 11.8 Å². The molecule has 1 atom stereocenters. The second kappa shape index (κ2) is 5.71. The highest BCUT2D eigenvalue weighted by Gasteiger charge is 2.27. The average molecular weight is 291 g/mol. The molecule has 3 rings (SSSR count). The summed E-state index contributed by atoms with van der Waals surface area (Å²) < 4.78 is 13.7. The molecular formula is C15H18FN3O2. The Morgan fingerprint density at radius 2 is 2.05 bits per heavy atom. The predicted molar refractivity (Wildman–Crippen MR) is 77.6 cm³/mol. The zero-order valence-corrected chi connectivity index (χ0v) is 11.7. The van der Waals surface area contributed by atoms with Gasteiger partial charge in [-0.25, -0.2) is 4.39 Å². The van der Waals surface area contributed by atoms with Crippen LogP contribution in [-0.4, -0.2) is 30.9 Å². The van der Waals surface area contributed by atoms with Crippen molar-refractivity contribution in [2.75, 3.05) is 23.3 Å². The van der Waals surface area contributed by atoms with Crippen molar-refractivity contribution < 1.29 is 14.0 Å². The van der Waals surface area contributed by atoms with Gasteiger partial charge < -0.3 is 15.5 Å². The van der Waals surface area contributed by atoms with E-state index in [2.05, 4.69) is 15.5 Å². The Morgan fingerprint density at radius 1 is 1.29 bits per heavy atom. The van der Waals surface area contributed by atoms with Crippen LogP contribution in [0.3, 0.4) is 0 Å². The van der Waals surface area contributed by atoms with E-state index in [4.69, 9.17) is 0 Å². The Balaban J connectivity index is 1.72. The summed E-state index contributed by atoms with van der Waals surface area (Å²) in [6.07, 6.45) is 3.05. The molecule has 0 unspecified atom stereocenters. The molecule has 2 heterocycles. The fraction of sp³-hybridized carbons (Fsp3) is 0.467. The monoisotopic (exact) mass is 291 g/mol. The van der Waals surface area contributed by atoms with Gasteiger partial charge in [0.15, 0.2) is 0 Å². The first-order chi connectivity index (χ1) is 10.1. The Morgan fingerprint density at radius 3 is 2.71 bits per heavy atom. The lowest BCUT2D eigenvalue weighted by molar-refractivity contribution is -0.122. The third kappa shape index (κ3) is 3.15. The van der Waals surface area contributed by atoms with E-state index in [1.54, 1.807) is 6.07 Å². The SMILES string of the molecule is O=C1CC[C@@H](C(=O)Nc2cc(F)cc(N3CCCC3)c2)N1. The van der Waals surface area contributed by atoms with E-state index in [1.807, 2.05) is 0 Å². The zero-order valence-electron chi connectivity index (χ0n) is 11.7. The molecule has 0 spiro atoms. The largest absolute Gasteiger partial charge is 0.371 e. The molecule has 6 heteroatoms. The minimum Gasteiger partial charge on any atom is -0.371 e. The van der Waals surface area contributed by atoms with Crippen molar-refractivity contribution in [3.8, 4) is 0 Å². The summed E-state index contributed by atoms with van der Waals surface area (Å²) >= 11 is 0. The average Bonchev–Trinajstić information content (AvgIpc) is 3.08. The van der Waals surface area contributed by atoms with E-state index >= 15 is 0 Å². The van der Waals surface area contributed by atoms with Crippen LogP contribution in [0.15, 0.2) is 18.2 Å².